The van der Waals surface area contributed by atoms with Gasteiger partial charge in [0.05, 0.1) is 0 Å². The lowest BCUT2D eigenvalue weighted by molar-refractivity contribution is -0.00252. The highest BCUT2D eigenvalue weighted by molar-refractivity contribution is 9.10. The number of halogens is 2. The van der Waals surface area contributed by atoms with Crippen molar-refractivity contribution >= 4 is 31.9 Å². The molecular weight excluding hydrogens is 728 g/mol. The van der Waals surface area contributed by atoms with E-state index in [1.807, 2.05) is 97.1 Å². The van der Waals surface area contributed by atoms with Crippen LogP contribution in [0.25, 0.3) is 0 Å². The van der Waals surface area contributed by atoms with Crippen molar-refractivity contribution in [2.24, 2.45) is 0 Å². The van der Waals surface area contributed by atoms with Gasteiger partial charge in [-0.05, 0) is 91.3 Å². The third kappa shape index (κ3) is 15.5. The maximum absolute atomic E-state index is 6.38. The first-order chi connectivity index (χ1) is 23.6. The van der Waals surface area contributed by atoms with Crippen molar-refractivity contribution in [3.05, 3.63) is 106 Å². The van der Waals surface area contributed by atoms with Crippen LogP contribution in [0.3, 0.4) is 0 Å². The molecule has 0 saturated carbocycles. The van der Waals surface area contributed by atoms with Gasteiger partial charge in [0, 0.05) is 15.4 Å². The van der Waals surface area contributed by atoms with Crippen molar-refractivity contribution in [2.75, 3.05) is 0 Å². The second kappa shape index (κ2) is 22.6. The molecule has 0 heterocycles. The van der Waals surface area contributed by atoms with E-state index in [-0.39, 0.29) is 0 Å². The molecule has 0 unspecified atom stereocenters. The highest BCUT2D eigenvalue weighted by Crippen LogP contribution is 2.29. The molecule has 6 heteroatoms. The Labute approximate surface area is 305 Å². The van der Waals surface area contributed by atoms with Crippen LogP contribution in [0.4, 0.5) is 0 Å². The van der Waals surface area contributed by atoms with Crippen LogP contribution in [0.2, 0.25) is 0 Å². The Balaban J connectivity index is 1.22. The fourth-order valence-electron chi connectivity index (χ4n) is 5.63. The van der Waals surface area contributed by atoms with E-state index in [9.17, 15) is 0 Å². The van der Waals surface area contributed by atoms with Crippen molar-refractivity contribution in [3.63, 3.8) is 0 Å². The van der Waals surface area contributed by atoms with E-state index in [0.29, 0.717) is 0 Å². The lowest BCUT2D eigenvalue weighted by Gasteiger charge is -2.21. The Hall–Kier alpha value is -2.96. The first kappa shape index (κ1) is 37.9. The first-order valence-corrected chi connectivity index (χ1v) is 19.6. The molecule has 0 N–H and O–H groups in total. The smallest absolute Gasteiger partial charge is 0.241 e. The third-order valence-electron chi connectivity index (χ3n) is 8.29. The van der Waals surface area contributed by atoms with Crippen molar-refractivity contribution < 1.29 is 18.9 Å². The summed E-state index contributed by atoms with van der Waals surface area (Å²) in [5.74, 6) is 4.55. The van der Waals surface area contributed by atoms with Gasteiger partial charge in [0.25, 0.3) is 0 Å². The molecule has 48 heavy (non-hydrogen) atoms. The van der Waals surface area contributed by atoms with Crippen LogP contribution in [0.15, 0.2) is 106 Å². The van der Waals surface area contributed by atoms with Gasteiger partial charge in [0.2, 0.25) is 6.29 Å². The zero-order valence-corrected chi connectivity index (χ0v) is 31.7. The van der Waals surface area contributed by atoms with Crippen molar-refractivity contribution in [2.45, 2.75) is 116 Å². The largest absolute Gasteiger partial charge is 0.457 e. The van der Waals surface area contributed by atoms with Crippen LogP contribution in [-0.2, 0) is 0 Å². The predicted octanol–water partition coefficient (Wildman–Crippen LogP) is 14.8. The van der Waals surface area contributed by atoms with Crippen molar-refractivity contribution in [1.29, 1.82) is 0 Å². The van der Waals surface area contributed by atoms with E-state index in [1.54, 1.807) is 0 Å². The first-order valence-electron chi connectivity index (χ1n) is 18.0. The molecule has 0 bridgehead atoms. The minimum atomic E-state index is -0.402. The normalized spacial score (nSPS) is 11.1. The molecule has 4 nitrogen and oxygen atoms in total. The molecule has 0 aliphatic carbocycles. The van der Waals surface area contributed by atoms with Crippen LogP contribution >= 0.6 is 31.9 Å². The zero-order valence-electron chi connectivity index (χ0n) is 28.5. The molecule has 4 rings (SSSR count). The van der Waals surface area contributed by atoms with Gasteiger partial charge in [0.15, 0.2) is 0 Å². The van der Waals surface area contributed by atoms with Gasteiger partial charge in [0.1, 0.15) is 34.5 Å². The van der Waals surface area contributed by atoms with Gasteiger partial charge in [-0.25, -0.2) is 0 Å². The van der Waals surface area contributed by atoms with E-state index < -0.39 is 6.29 Å². The molecule has 0 aliphatic heterocycles. The van der Waals surface area contributed by atoms with Crippen LogP contribution < -0.4 is 18.9 Å². The zero-order chi connectivity index (χ0) is 33.7. The van der Waals surface area contributed by atoms with Crippen LogP contribution in [0, 0.1) is 0 Å². The molecule has 0 amide bonds. The van der Waals surface area contributed by atoms with Gasteiger partial charge in [-0.15, -0.1) is 0 Å². The molecule has 0 aromatic heterocycles. The molecule has 0 radical (unpaired) electrons. The Bertz CT molecular complexity index is 1330. The topological polar surface area (TPSA) is 36.9 Å². The maximum atomic E-state index is 6.38. The average molecular weight is 781 g/mol. The van der Waals surface area contributed by atoms with E-state index in [2.05, 4.69) is 38.8 Å². The fraction of sp³-hybridized carbons (Fsp3) is 0.429. The summed E-state index contributed by atoms with van der Waals surface area (Å²) in [6.07, 6.45) is 20.5. The van der Waals surface area contributed by atoms with Crippen molar-refractivity contribution in [3.8, 4) is 34.5 Å². The van der Waals surface area contributed by atoms with Gasteiger partial charge in [-0.2, -0.15) is 0 Å². The highest BCUT2D eigenvalue weighted by Gasteiger charge is 2.14. The van der Waals surface area contributed by atoms with Crippen LogP contribution in [0.5, 0.6) is 34.5 Å². The Morgan fingerprint density at radius 1 is 0.417 bits per heavy atom. The Morgan fingerprint density at radius 2 is 0.771 bits per heavy atom. The van der Waals surface area contributed by atoms with E-state index in [4.69, 9.17) is 18.9 Å². The minimum absolute atomic E-state index is 0.402. The van der Waals surface area contributed by atoms with Gasteiger partial charge < -0.3 is 18.9 Å². The summed E-state index contributed by atoms with van der Waals surface area (Å²) >= 11 is 7.00. The summed E-state index contributed by atoms with van der Waals surface area (Å²) in [5.41, 5.74) is 0. The third-order valence-corrected chi connectivity index (χ3v) is 9.28. The molecule has 0 aliphatic rings. The second-order valence-electron chi connectivity index (χ2n) is 12.5. The molecular formula is C42H52Br2O4. The molecule has 4 aromatic rings. The maximum Gasteiger partial charge on any atom is 0.241 e. The number of ether oxygens (including phenoxy) is 4. The molecule has 4 aromatic carbocycles. The van der Waals surface area contributed by atoms with E-state index in [1.165, 1.54) is 89.9 Å². The predicted molar refractivity (Wildman–Crippen MR) is 206 cm³/mol. The Morgan fingerprint density at radius 3 is 1.15 bits per heavy atom. The van der Waals surface area contributed by atoms with Gasteiger partial charge in [-0.3, -0.25) is 0 Å². The second-order valence-corrected chi connectivity index (χ2v) is 14.3. The number of hydrogen-bond acceptors (Lipinski definition) is 4. The van der Waals surface area contributed by atoms with Gasteiger partial charge in [-0.1, -0.05) is 141 Å². The molecule has 0 spiro atoms. The summed E-state index contributed by atoms with van der Waals surface area (Å²) in [4.78, 5) is 0. The molecule has 0 saturated heterocycles. The van der Waals surface area contributed by atoms with Crippen molar-refractivity contribution in [1.82, 2.24) is 0 Å². The monoisotopic (exact) mass is 778 g/mol. The summed E-state index contributed by atoms with van der Waals surface area (Å²) < 4.78 is 26.7. The molecule has 0 atom stereocenters. The summed E-state index contributed by atoms with van der Waals surface area (Å²) in [5, 5.41) is 0. The van der Waals surface area contributed by atoms with Gasteiger partial charge >= 0.3 is 0 Å². The minimum Gasteiger partial charge on any atom is -0.457 e. The van der Waals surface area contributed by atoms with Crippen LogP contribution in [0.1, 0.15) is 110 Å². The van der Waals surface area contributed by atoms with E-state index in [0.717, 1.165) is 56.3 Å². The lowest BCUT2D eigenvalue weighted by atomic mass is 10.0. The summed E-state index contributed by atoms with van der Waals surface area (Å²) in [6.45, 7) is 2.29. The average Bonchev–Trinajstić information content (AvgIpc) is 3.08. The number of hydrogen-bond donors (Lipinski definition) is 0. The summed E-state index contributed by atoms with van der Waals surface area (Å²) in [6, 6.07) is 31.1. The number of unbranched alkanes of at least 4 members (excludes halogenated alkanes) is 14. The van der Waals surface area contributed by atoms with Crippen LogP contribution in [-0.4, -0.2) is 6.29 Å². The summed E-state index contributed by atoms with van der Waals surface area (Å²) in [7, 11) is 0. The SMILES string of the molecule is CCCCCCCCCCCCCCCCCC(Oc1ccc(Oc2cccc(Br)c2)cc1)Oc1ccc(Oc2cccc(Br)c2)cc1. The fourth-order valence-corrected chi connectivity index (χ4v) is 6.39. The Kier molecular flexibility index (Phi) is 17.8. The molecule has 0 fully saturated rings. The molecule has 258 valence electrons. The number of rotatable bonds is 24. The standard InChI is InChI=1S/C42H52Br2O4/c1-2-3-4-5-6-7-8-9-10-11-12-13-14-15-16-23-42(47-38-28-24-36(25-29-38)45-40-21-17-19-34(43)32-40)48-39-30-26-37(27-31-39)46-41-22-18-20-35(44)33-41/h17-22,24-33,42H,2-16,23H2,1H3. The highest BCUT2D eigenvalue weighted by atomic mass is 79.9. The number of benzene rings is 4. The lowest BCUT2D eigenvalue weighted by Crippen LogP contribution is -2.24. The quantitative estimate of drug-likeness (QED) is 0.0524. The van der Waals surface area contributed by atoms with E-state index >= 15 is 0 Å².